The molecule has 1 saturated heterocycles. The minimum atomic E-state index is -1.67. The van der Waals surface area contributed by atoms with Crippen molar-refractivity contribution >= 4 is 5.91 Å². The standard InChI is InChI=1S/C56H107NO10/c1-3-5-7-9-11-13-15-17-19-21-23-24-26-28-30-32-34-36-38-40-42-44-49(60)55(65)57-47(46-66-56-54(64)53(63)52(62)50(45-58)67-56)51(61)48(59)43-41-39-37-35-33-31-29-27-25-22-20-18-16-14-12-10-8-6-4-2/h27,29,35,37,47-54,56,58-64H,3-26,28,30-34,36,38-46H2,1-2H3,(H,57,65)/b29-27+,37-35+. The summed E-state index contributed by atoms with van der Waals surface area (Å²) in [5.41, 5.74) is 0. The molecule has 0 radical (unpaired) electrons. The van der Waals surface area contributed by atoms with Crippen LogP contribution < -0.4 is 5.32 Å². The Hall–Kier alpha value is -1.41. The fourth-order valence-electron chi connectivity index (χ4n) is 9.11. The molecule has 396 valence electrons. The van der Waals surface area contributed by atoms with Crippen LogP contribution in [0.3, 0.4) is 0 Å². The van der Waals surface area contributed by atoms with Crippen molar-refractivity contribution in [2.75, 3.05) is 13.2 Å². The molecule has 1 aliphatic rings. The van der Waals surface area contributed by atoms with Crippen molar-refractivity contribution in [1.82, 2.24) is 5.32 Å². The molecule has 1 heterocycles. The average Bonchev–Trinajstić information content (AvgIpc) is 3.33. The van der Waals surface area contributed by atoms with Gasteiger partial charge in [0.15, 0.2) is 6.29 Å². The zero-order chi connectivity index (χ0) is 49.0. The van der Waals surface area contributed by atoms with Crippen LogP contribution in [0.5, 0.6) is 0 Å². The summed E-state index contributed by atoms with van der Waals surface area (Å²) < 4.78 is 11.1. The van der Waals surface area contributed by atoms with Gasteiger partial charge in [0.25, 0.3) is 0 Å². The van der Waals surface area contributed by atoms with E-state index in [9.17, 15) is 40.5 Å². The first kappa shape index (κ1) is 63.6. The lowest BCUT2D eigenvalue weighted by atomic mass is 9.98. The second-order valence-corrected chi connectivity index (χ2v) is 20.0. The zero-order valence-corrected chi connectivity index (χ0v) is 43.1. The number of nitrogens with one attached hydrogen (secondary N) is 1. The van der Waals surface area contributed by atoms with Gasteiger partial charge in [0.2, 0.25) is 5.91 Å². The maximum Gasteiger partial charge on any atom is 0.249 e. The lowest BCUT2D eigenvalue weighted by molar-refractivity contribution is -0.303. The second-order valence-electron chi connectivity index (χ2n) is 20.0. The van der Waals surface area contributed by atoms with Gasteiger partial charge in [0.1, 0.15) is 36.6 Å². The number of unbranched alkanes of at least 4 members (excludes halogenated alkanes) is 32. The van der Waals surface area contributed by atoms with Crippen LogP contribution >= 0.6 is 0 Å². The number of amides is 1. The van der Waals surface area contributed by atoms with Crippen LogP contribution in [0.15, 0.2) is 24.3 Å². The van der Waals surface area contributed by atoms with E-state index in [0.29, 0.717) is 19.3 Å². The Morgan fingerprint density at radius 2 is 0.896 bits per heavy atom. The van der Waals surface area contributed by atoms with Crippen LogP contribution in [0.4, 0.5) is 0 Å². The first-order valence-corrected chi connectivity index (χ1v) is 28.2. The predicted octanol–water partition coefficient (Wildman–Crippen LogP) is 11.3. The molecule has 9 unspecified atom stereocenters. The molecule has 1 aliphatic heterocycles. The van der Waals surface area contributed by atoms with Crippen LogP contribution in [-0.4, -0.2) is 110 Å². The first-order valence-electron chi connectivity index (χ1n) is 28.2. The third-order valence-electron chi connectivity index (χ3n) is 13.7. The highest BCUT2D eigenvalue weighted by Gasteiger charge is 2.44. The largest absolute Gasteiger partial charge is 0.394 e. The normalized spacial score (nSPS) is 20.8. The summed E-state index contributed by atoms with van der Waals surface area (Å²) in [6.07, 6.45) is 42.3. The molecule has 1 amide bonds. The summed E-state index contributed by atoms with van der Waals surface area (Å²) >= 11 is 0. The monoisotopic (exact) mass is 954 g/mol. The van der Waals surface area contributed by atoms with Gasteiger partial charge >= 0.3 is 0 Å². The van der Waals surface area contributed by atoms with Gasteiger partial charge in [-0.05, 0) is 51.4 Å². The van der Waals surface area contributed by atoms with Crippen LogP contribution in [0.1, 0.15) is 258 Å². The molecule has 11 heteroatoms. The number of carbonyl (C=O) groups is 1. The van der Waals surface area contributed by atoms with Gasteiger partial charge in [-0.15, -0.1) is 0 Å². The third kappa shape index (κ3) is 34.5. The smallest absolute Gasteiger partial charge is 0.249 e. The van der Waals surface area contributed by atoms with E-state index in [-0.39, 0.29) is 12.8 Å². The summed E-state index contributed by atoms with van der Waals surface area (Å²) in [6, 6.07) is -1.19. The van der Waals surface area contributed by atoms with Crippen LogP contribution in [0.2, 0.25) is 0 Å². The van der Waals surface area contributed by atoms with E-state index in [2.05, 4.69) is 43.5 Å². The highest BCUT2D eigenvalue weighted by Crippen LogP contribution is 2.23. The molecule has 0 spiro atoms. The fourth-order valence-corrected chi connectivity index (χ4v) is 9.11. The molecule has 67 heavy (non-hydrogen) atoms. The minimum absolute atomic E-state index is 0.249. The SMILES string of the molecule is CCCCCCCCCCCC/C=C/CC/C=C/CCCC(O)C(O)C(COC1OC(CO)C(O)C(O)C1O)NC(=O)C(O)CCCCCCCCCCCCCCCCCCCCCCC. The quantitative estimate of drug-likeness (QED) is 0.0215. The maximum absolute atomic E-state index is 13.2. The summed E-state index contributed by atoms with van der Waals surface area (Å²) in [4.78, 5) is 13.2. The predicted molar refractivity (Wildman–Crippen MR) is 275 cm³/mol. The van der Waals surface area contributed by atoms with Crippen molar-refractivity contribution < 1.29 is 50.0 Å². The van der Waals surface area contributed by atoms with Gasteiger partial charge in [-0.2, -0.15) is 0 Å². The van der Waals surface area contributed by atoms with Gasteiger partial charge < -0.3 is 50.5 Å². The van der Waals surface area contributed by atoms with Crippen molar-refractivity contribution in [3.05, 3.63) is 24.3 Å². The van der Waals surface area contributed by atoms with E-state index in [1.54, 1.807) is 0 Å². The van der Waals surface area contributed by atoms with E-state index < -0.39 is 74.2 Å². The number of ether oxygens (including phenoxy) is 2. The summed E-state index contributed by atoms with van der Waals surface area (Å²) in [5.74, 6) is -0.706. The first-order chi connectivity index (χ1) is 32.7. The molecule has 0 aromatic heterocycles. The number of rotatable bonds is 48. The molecular weight excluding hydrogens is 847 g/mol. The molecule has 11 nitrogen and oxygen atoms in total. The van der Waals surface area contributed by atoms with Gasteiger partial charge in [-0.3, -0.25) is 4.79 Å². The molecule has 1 rings (SSSR count). The Morgan fingerprint density at radius 3 is 1.33 bits per heavy atom. The van der Waals surface area contributed by atoms with Crippen molar-refractivity contribution in [3.8, 4) is 0 Å². The summed E-state index contributed by atoms with van der Waals surface area (Å²) in [5, 5.41) is 76.0. The Labute approximate surface area is 410 Å². The minimum Gasteiger partial charge on any atom is -0.394 e. The zero-order valence-electron chi connectivity index (χ0n) is 43.1. The van der Waals surface area contributed by atoms with E-state index in [0.717, 1.165) is 38.5 Å². The van der Waals surface area contributed by atoms with E-state index in [1.807, 2.05) is 0 Å². The number of hydrogen-bond donors (Lipinski definition) is 8. The Kier molecular flexibility index (Phi) is 43.4. The van der Waals surface area contributed by atoms with Crippen molar-refractivity contribution in [3.63, 3.8) is 0 Å². The van der Waals surface area contributed by atoms with E-state index in [4.69, 9.17) is 9.47 Å². The molecule has 1 fully saturated rings. The lowest BCUT2D eigenvalue weighted by Crippen LogP contribution is -2.60. The van der Waals surface area contributed by atoms with Crippen molar-refractivity contribution in [1.29, 1.82) is 0 Å². The molecule has 9 atom stereocenters. The highest BCUT2D eigenvalue weighted by molar-refractivity contribution is 5.80. The molecule has 0 aromatic carbocycles. The number of carbonyl (C=O) groups excluding carboxylic acids is 1. The Balaban J connectivity index is 2.36. The maximum atomic E-state index is 13.2. The summed E-state index contributed by atoms with van der Waals surface area (Å²) in [6.45, 7) is 3.46. The molecule has 0 aromatic rings. The molecular formula is C56H107NO10. The molecule has 0 aliphatic carbocycles. The van der Waals surface area contributed by atoms with Crippen molar-refractivity contribution in [2.45, 2.75) is 313 Å². The molecule has 8 N–H and O–H groups in total. The molecule has 0 bridgehead atoms. The number of aliphatic hydroxyl groups excluding tert-OH is 7. The van der Waals surface area contributed by atoms with Crippen LogP contribution in [0, 0.1) is 0 Å². The van der Waals surface area contributed by atoms with E-state index >= 15 is 0 Å². The van der Waals surface area contributed by atoms with Crippen LogP contribution in [-0.2, 0) is 14.3 Å². The molecule has 0 saturated carbocycles. The lowest BCUT2D eigenvalue weighted by Gasteiger charge is -2.40. The van der Waals surface area contributed by atoms with Gasteiger partial charge in [-0.1, -0.05) is 231 Å². The number of hydrogen-bond acceptors (Lipinski definition) is 10. The second kappa shape index (κ2) is 45.7. The Bertz CT molecular complexity index is 1140. The summed E-state index contributed by atoms with van der Waals surface area (Å²) in [7, 11) is 0. The number of aliphatic hydroxyl groups is 7. The van der Waals surface area contributed by atoms with E-state index in [1.165, 1.54) is 173 Å². The average molecular weight is 954 g/mol. The topological polar surface area (TPSA) is 189 Å². The van der Waals surface area contributed by atoms with Crippen LogP contribution in [0.25, 0.3) is 0 Å². The Morgan fingerprint density at radius 1 is 0.507 bits per heavy atom. The third-order valence-corrected chi connectivity index (χ3v) is 13.7. The van der Waals surface area contributed by atoms with Gasteiger partial charge in [0.05, 0.1) is 25.4 Å². The fraction of sp³-hybridized carbons (Fsp3) is 0.911. The van der Waals surface area contributed by atoms with Crippen molar-refractivity contribution in [2.24, 2.45) is 0 Å². The number of allylic oxidation sites excluding steroid dienone is 4. The highest BCUT2D eigenvalue weighted by atomic mass is 16.7. The van der Waals surface area contributed by atoms with Gasteiger partial charge in [-0.25, -0.2) is 0 Å². The van der Waals surface area contributed by atoms with Gasteiger partial charge in [0, 0.05) is 0 Å².